The van der Waals surface area contributed by atoms with E-state index in [0.29, 0.717) is 25.1 Å². The van der Waals surface area contributed by atoms with Crippen molar-refractivity contribution in [3.05, 3.63) is 40.4 Å². The van der Waals surface area contributed by atoms with Gasteiger partial charge in [-0.15, -0.1) is 0 Å². The summed E-state index contributed by atoms with van der Waals surface area (Å²) in [7, 11) is 0. The lowest BCUT2D eigenvalue weighted by molar-refractivity contribution is 0.284. The zero-order chi connectivity index (χ0) is 13.8. The lowest BCUT2D eigenvalue weighted by Gasteiger charge is -2.07. The summed E-state index contributed by atoms with van der Waals surface area (Å²) in [5.74, 6) is -0.775. The fourth-order valence-corrected chi connectivity index (χ4v) is 2.05. The summed E-state index contributed by atoms with van der Waals surface area (Å²) < 4.78 is 28.4. The van der Waals surface area contributed by atoms with Crippen molar-refractivity contribution in [2.75, 3.05) is 6.61 Å². The van der Waals surface area contributed by atoms with E-state index in [1.807, 2.05) is 0 Å². The number of hydrogen-bond donors (Lipinski definition) is 2. The Balaban J connectivity index is 2.38. The predicted octanol–water partition coefficient (Wildman–Crippen LogP) is 2.52. The molecule has 2 aromatic rings. The SMILES string of the molecule is OCCCCc1n[nH]c(=S)n1-c1ccc(F)cc1F. The molecule has 0 unspecified atom stereocenters. The van der Waals surface area contributed by atoms with Crippen LogP contribution in [0.5, 0.6) is 0 Å². The maximum absolute atomic E-state index is 13.8. The Morgan fingerprint density at radius 3 is 2.79 bits per heavy atom. The lowest BCUT2D eigenvalue weighted by atomic mass is 10.2. The largest absolute Gasteiger partial charge is 0.396 e. The molecule has 1 heterocycles. The van der Waals surface area contributed by atoms with Crippen LogP contribution in [0.15, 0.2) is 18.2 Å². The van der Waals surface area contributed by atoms with Gasteiger partial charge in [0.1, 0.15) is 17.5 Å². The second kappa shape index (κ2) is 6.03. The van der Waals surface area contributed by atoms with E-state index in [-0.39, 0.29) is 17.1 Å². The second-order valence-corrected chi connectivity index (χ2v) is 4.44. The molecule has 0 radical (unpaired) electrons. The van der Waals surface area contributed by atoms with Crippen molar-refractivity contribution >= 4 is 12.2 Å². The van der Waals surface area contributed by atoms with Gasteiger partial charge in [0.05, 0.1) is 5.69 Å². The average molecular weight is 285 g/mol. The molecule has 2 N–H and O–H groups in total. The number of hydrogen-bond acceptors (Lipinski definition) is 3. The highest BCUT2D eigenvalue weighted by Crippen LogP contribution is 2.17. The van der Waals surface area contributed by atoms with Crippen LogP contribution >= 0.6 is 12.2 Å². The second-order valence-electron chi connectivity index (χ2n) is 4.06. The minimum Gasteiger partial charge on any atom is -0.396 e. The van der Waals surface area contributed by atoms with Crippen LogP contribution in [-0.4, -0.2) is 26.5 Å². The minimum atomic E-state index is -0.694. The number of unbranched alkanes of at least 4 members (excludes halogenated alkanes) is 1. The summed E-state index contributed by atoms with van der Waals surface area (Å²) in [6.07, 6.45) is 1.88. The Labute approximate surface area is 113 Å². The Morgan fingerprint density at radius 2 is 2.11 bits per heavy atom. The van der Waals surface area contributed by atoms with Crippen LogP contribution in [0, 0.1) is 16.4 Å². The zero-order valence-electron chi connectivity index (χ0n) is 10.1. The fraction of sp³-hybridized carbons (Fsp3) is 0.333. The van der Waals surface area contributed by atoms with Crippen molar-refractivity contribution in [2.45, 2.75) is 19.3 Å². The van der Waals surface area contributed by atoms with Gasteiger partial charge < -0.3 is 5.11 Å². The van der Waals surface area contributed by atoms with Crippen LogP contribution in [0.4, 0.5) is 8.78 Å². The number of rotatable bonds is 5. The van der Waals surface area contributed by atoms with Gasteiger partial charge >= 0.3 is 0 Å². The van der Waals surface area contributed by atoms with E-state index in [9.17, 15) is 8.78 Å². The van der Waals surface area contributed by atoms with Crippen molar-refractivity contribution in [1.29, 1.82) is 0 Å². The minimum absolute atomic E-state index is 0.0933. The number of aliphatic hydroxyl groups excluding tert-OH is 1. The first kappa shape index (κ1) is 13.8. The summed E-state index contributed by atoms with van der Waals surface area (Å²) in [6, 6.07) is 3.30. The molecule has 0 aliphatic rings. The van der Waals surface area contributed by atoms with Crippen LogP contribution in [0.25, 0.3) is 5.69 Å². The van der Waals surface area contributed by atoms with Crippen LogP contribution in [0.3, 0.4) is 0 Å². The number of aromatic nitrogens is 3. The van der Waals surface area contributed by atoms with E-state index < -0.39 is 11.6 Å². The Hall–Kier alpha value is -1.60. The lowest BCUT2D eigenvalue weighted by Crippen LogP contribution is -2.05. The zero-order valence-corrected chi connectivity index (χ0v) is 10.9. The van der Waals surface area contributed by atoms with E-state index >= 15 is 0 Å². The molecule has 0 fully saturated rings. The molecule has 19 heavy (non-hydrogen) atoms. The van der Waals surface area contributed by atoms with Gasteiger partial charge in [0.15, 0.2) is 4.77 Å². The van der Waals surface area contributed by atoms with Gasteiger partial charge in [-0.25, -0.2) is 8.78 Å². The summed E-state index contributed by atoms with van der Waals surface area (Å²) in [4.78, 5) is 0. The van der Waals surface area contributed by atoms with E-state index in [1.165, 1.54) is 16.7 Å². The average Bonchev–Trinajstić information content (AvgIpc) is 2.72. The molecule has 0 amide bonds. The van der Waals surface area contributed by atoms with Crippen LogP contribution in [0.1, 0.15) is 18.7 Å². The molecule has 1 aromatic heterocycles. The summed E-state index contributed by atoms with van der Waals surface area (Å²) in [5, 5.41) is 15.4. The first-order valence-corrected chi connectivity index (χ1v) is 6.27. The smallest absolute Gasteiger partial charge is 0.199 e. The van der Waals surface area contributed by atoms with Gasteiger partial charge in [-0.1, -0.05) is 0 Å². The predicted molar refractivity (Wildman–Crippen MR) is 68.7 cm³/mol. The van der Waals surface area contributed by atoms with Gasteiger partial charge in [0.2, 0.25) is 0 Å². The Morgan fingerprint density at radius 1 is 1.32 bits per heavy atom. The molecule has 0 aliphatic carbocycles. The van der Waals surface area contributed by atoms with Crippen molar-refractivity contribution in [1.82, 2.24) is 14.8 Å². The summed E-state index contributed by atoms with van der Waals surface area (Å²) in [6.45, 7) is 0.0933. The number of aromatic amines is 1. The van der Waals surface area contributed by atoms with Crippen LogP contribution < -0.4 is 0 Å². The van der Waals surface area contributed by atoms with Crippen molar-refractivity contribution in [3.63, 3.8) is 0 Å². The topological polar surface area (TPSA) is 53.8 Å². The number of nitrogens with zero attached hydrogens (tertiary/aromatic N) is 2. The molecule has 102 valence electrons. The molecule has 0 saturated heterocycles. The van der Waals surface area contributed by atoms with E-state index in [4.69, 9.17) is 17.3 Å². The summed E-state index contributed by atoms with van der Waals surface area (Å²) >= 11 is 5.06. The normalized spacial score (nSPS) is 10.9. The van der Waals surface area contributed by atoms with E-state index in [0.717, 1.165) is 6.07 Å². The van der Waals surface area contributed by atoms with Gasteiger partial charge in [-0.3, -0.25) is 9.67 Å². The molecule has 0 spiro atoms. The molecule has 7 heteroatoms. The van der Waals surface area contributed by atoms with Gasteiger partial charge in [-0.05, 0) is 37.2 Å². The maximum atomic E-state index is 13.8. The molecular weight excluding hydrogens is 272 g/mol. The highest BCUT2D eigenvalue weighted by atomic mass is 32.1. The molecule has 1 aromatic carbocycles. The first-order chi connectivity index (χ1) is 9.13. The quantitative estimate of drug-likeness (QED) is 0.655. The third-order valence-corrected chi connectivity index (χ3v) is 2.97. The Bertz CT molecular complexity index is 624. The van der Waals surface area contributed by atoms with Gasteiger partial charge in [0, 0.05) is 19.1 Å². The van der Waals surface area contributed by atoms with Crippen molar-refractivity contribution < 1.29 is 13.9 Å². The first-order valence-electron chi connectivity index (χ1n) is 5.86. The number of aliphatic hydroxyl groups is 1. The van der Waals surface area contributed by atoms with E-state index in [2.05, 4.69) is 10.2 Å². The number of H-pyrrole nitrogens is 1. The molecule has 0 aliphatic heterocycles. The highest BCUT2D eigenvalue weighted by Gasteiger charge is 2.12. The highest BCUT2D eigenvalue weighted by molar-refractivity contribution is 7.71. The molecule has 0 atom stereocenters. The van der Waals surface area contributed by atoms with Crippen LogP contribution in [-0.2, 0) is 6.42 Å². The summed E-state index contributed by atoms with van der Waals surface area (Å²) in [5.41, 5.74) is 0.166. The monoisotopic (exact) mass is 285 g/mol. The van der Waals surface area contributed by atoms with Crippen molar-refractivity contribution in [2.24, 2.45) is 0 Å². The maximum Gasteiger partial charge on any atom is 0.199 e. The molecule has 2 rings (SSSR count). The standard InChI is InChI=1S/C12H13F2N3OS/c13-8-4-5-10(9(14)7-8)17-11(3-1-2-6-18)15-16-12(17)19/h4-5,7,18H,1-3,6H2,(H,16,19). The fourth-order valence-electron chi connectivity index (χ4n) is 1.80. The van der Waals surface area contributed by atoms with E-state index in [1.54, 1.807) is 0 Å². The number of aryl methyl sites for hydroxylation is 1. The molecule has 0 saturated carbocycles. The third kappa shape index (κ3) is 3.05. The molecule has 4 nitrogen and oxygen atoms in total. The molecule has 0 bridgehead atoms. The van der Waals surface area contributed by atoms with Gasteiger partial charge in [0.25, 0.3) is 0 Å². The molecular formula is C12H13F2N3OS. The number of benzene rings is 1. The Kier molecular flexibility index (Phi) is 4.39. The third-order valence-electron chi connectivity index (χ3n) is 2.70. The van der Waals surface area contributed by atoms with Crippen LogP contribution in [0.2, 0.25) is 0 Å². The number of nitrogens with one attached hydrogen (secondary N) is 1. The number of halogens is 2. The van der Waals surface area contributed by atoms with Crippen molar-refractivity contribution in [3.8, 4) is 5.69 Å². The van der Waals surface area contributed by atoms with Gasteiger partial charge in [-0.2, -0.15) is 5.10 Å².